The van der Waals surface area contributed by atoms with Crippen molar-refractivity contribution in [3.8, 4) is 22.1 Å². The highest BCUT2D eigenvalue weighted by molar-refractivity contribution is 7.13. The summed E-state index contributed by atoms with van der Waals surface area (Å²) in [6.45, 7) is 0.862. The second kappa shape index (κ2) is 8.10. The number of ether oxygens (including phenoxy) is 2. The normalized spacial score (nSPS) is 10.7. The molecule has 0 aliphatic rings. The lowest BCUT2D eigenvalue weighted by Crippen LogP contribution is -2.08. The van der Waals surface area contributed by atoms with Crippen molar-refractivity contribution in [2.45, 2.75) is 0 Å². The quantitative estimate of drug-likeness (QED) is 0.443. The molecule has 28 heavy (non-hydrogen) atoms. The summed E-state index contributed by atoms with van der Waals surface area (Å²) in [6, 6.07) is 21.6. The van der Waals surface area contributed by atoms with Gasteiger partial charge >= 0.3 is 5.97 Å². The van der Waals surface area contributed by atoms with Gasteiger partial charge in [0.05, 0.1) is 0 Å². The van der Waals surface area contributed by atoms with Crippen molar-refractivity contribution >= 4 is 28.1 Å². The number of carbonyl (C=O) groups is 1. The molecular formula is C22H17NO4S. The fourth-order valence-electron chi connectivity index (χ4n) is 2.77. The average Bonchev–Trinajstić information content (AvgIpc) is 3.22. The van der Waals surface area contributed by atoms with Crippen molar-refractivity contribution in [2.75, 3.05) is 13.2 Å². The van der Waals surface area contributed by atoms with Crippen molar-refractivity contribution in [2.24, 2.45) is 0 Å². The van der Waals surface area contributed by atoms with Crippen LogP contribution in [0.15, 0.2) is 72.1 Å². The molecular weight excluding hydrogens is 374 g/mol. The van der Waals surface area contributed by atoms with Gasteiger partial charge < -0.3 is 14.6 Å². The van der Waals surface area contributed by atoms with Gasteiger partial charge in [0.25, 0.3) is 0 Å². The summed E-state index contributed by atoms with van der Waals surface area (Å²) >= 11 is 1.30. The number of thiazole rings is 1. The molecule has 0 radical (unpaired) electrons. The molecule has 4 rings (SSSR count). The number of hydrogen-bond donors (Lipinski definition) is 1. The van der Waals surface area contributed by atoms with Crippen LogP contribution in [0.1, 0.15) is 10.5 Å². The monoisotopic (exact) mass is 391 g/mol. The Bertz CT molecular complexity index is 1100. The molecule has 0 fully saturated rings. The molecule has 6 heteroatoms. The molecule has 0 bridgehead atoms. The molecule has 0 saturated carbocycles. The van der Waals surface area contributed by atoms with Crippen LogP contribution < -0.4 is 9.47 Å². The number of aromatic nitrogens is 1. The number of carboxylic acids is 1. The molecule has 5 nitrogen and oxygen atoms in total. The molecule has 1 aromatic heterocycles. The van der Waals surface area contributed by atoms with Gasteiger partial charge in [-0.15, -0.1) is 11.3 Å². The van der Waals surface area contributed by atoms with E-state index < -0.39 is 5.97 Å². The minimum absolute atomic E-state index is 0.0613. The van der Waals surface area contributed by atoms with Crippen molar-refractivity contribution in [3.05, 3.63) is 77.8 Å². The molecule has 0 aliphatic carbocycles. The third-order valence-electron chi connectivity index (χ3n) is 4.17. The SMILES string of the molecule is O=C(O)c1csc(-c2ccc(OCCOc3ccc4ccccc4c3)cc2)n1. The maximum absolute atomic E-state index is 10.9. The number of aromatic carboxylic acids is 1. The zero-order valence-corrected chi connectivity index (χ0v) is 15.7. The number of hydrogen-bond acceptors (Lipinski definition) is 5. The van der Waals surface area contributed by atoms with Gasteiger partial charge in [-0.3, -0.25) is 0 Å². The van der Waals surface area contributed by atoms with E-state index in [1.807, 2.05) is 54.6 Å². The lowest BCUT2D eigenvalue weighted by molar-refractivity contribution is 0.0691. The first kappa shape index (κ1) is 18.0. The van der Waals surface area contributed by atoms with Crippen LogP contribution in [0.5, 0.6) is 11.5 Å². The second-order valence-corrected chi connectivity index (χ2v) is 6.93. The molecule has 4 aromatic rings. The van der Waals surface area contributed by atoms with Gasteiger partial charge in [-0.05, 0) is 47.2 Å². The highest BCUT2D eigenvalue weighted by Crippen LogP contribution is 2.26. The van der Waals surface area contributed by atoms with Crippen molar-refractivity contribution < 1.29 is 19.4 Å². The molecule has 0 amide bonds. The van der Waals surface area contributed by atoms with E-state index in [4.69, 9.17) is 14.6 Å². The van der Waals surface area contributed by atoms with Gasteiger partial charge in [0.15, 0.2) is 5.69 Å². The Balaban J connectivity index is 1.30. The number of rotatable bonds is 7. The van der Waals surface area contributed by atoms with E-state index in [0.717, 1.165) is 22.4 Å². The predicted octanol–water partition coefficient (Wildman–Crippen LogP) is 5.12. The number of nitrogens with zero attached hydrogens (tertiary/aromatic N) is 1. The van der Waals surface area contributed by atoms with Crippen molar-refractivity contribution in [3.63, 3.8) is 0 Å². The third kappa shape index (κ3) is 4.13. The van der Waals surface area contributed by atoms with E-state index in [-0.39, 0.29) is 5.69 Å². The lowest BCUT2D eigenvalue weighted by Gasteiger charge is -2.09. The lowest BCUT2D eigenvalue weighted by atomic mass is 10.1. The maximum Gasteiger partial charge on any atom is 0.355 e. The summed E-state index contributed by atoms with van der Waals surface area (Å²) in [5, 5.41) is 13.5. The van der Waals surface area contributed by atoms with E-state index >= 15 is 0 Å². The molecule has 0 saturated heterocycles. The van der Waals surface area contributed by atoms with Gasteiger partial charge in [-0.25, -0.2) is 9.78 Å². The second-order valence-electron chi connectivity index (χ2n) is 6.07. The van der Waals surface area contributed by atoms with Gasteiger partial charge in [0.2, 0.25) is 0 Å². The topological polar surface area (TPSA) is 68.7 Å². The average molecular weight is 391 g/mol. The van der Waals surface area contributed by atoms with Crippen molar-refractivity contribution in [1.29, 1.82) is 0 Å². The molecule has 1 N–H and O–H groups in total. The summed E-state index contributed by atoms with van der Waals surface area (Å²) in [7, 11) is 0. The van der Waals surface area contributed by atoms with Crippen LogP contribution in [0.3, 0.4) is 0 Å². The van der Waals surface area contributed by atoms with Gasteiger partial charge in [0, 0.05) is 10.9 Å². The molecule has 3 aromatic carbocycles. The van der Waals surface area contributed by atoms with E-state index in [9.17, 15) is 4.79 Å². The fourth-order valence-corrected chi connectivity index (χ4v) is 3.57. The van der Waals surface area contributed by atoms with Gasteiger partial charge in [-0.1, -0.05) is 30.3 Å². The summed E-state index contributed by atoms with van der Waals surface area (Å²) < 4.78 is 11.5. The third-order valence-corrected chi connectivity index (χ3v) is 5.06. The number of benzene rings is 3. The first-order valence-corrected chi connectivity index (χ1v) is 9.61. The highest BCUT2D eigenvalue weighted by atomic mass is 32.1. The molecule has 0 unspecified atom stereocenters. The van der Waals surface area contributed by atoms with Crippen LogP contribution in [0.4, 0.5) is 0 Å². The first-order chi connectivity index (χ1) is 13.7. The molecule has 140 valence electrons. The van der Waals surface area contributed by atoms with Gasteiger partial charge in [-0.2, -0.15) is 0 Å². The van der Waals surface area contributed by atoms with Crippen LogP contribution in [0.2, 0.25) is 0 Å². The summed E-state index contributed by atoms with van der Waals surface area (Å²) in [6.07, 6.45) is 0. The first-order valence-electron chi connectivity index (χ1n) is 8.73. The van der Waals surface area contributed by atoms with Crippen LogP contribution >= 0.6 is 11.3 Å². The Morgan fingerprint density at radius 1 is 0.893 bits per heavy atom. The van der Waals surface area contributed by atoms with Crippen molar-refractivity contribution in [1.82, 2.24) is 4.98 Å². The zero-order valence-electron chi connectivity index (χ0n) is 14.9. The fraction of sp³-hybridized carbons (Fsp3) is 0.0909. The predicted molar refractivity (Wildman–Crippen MR) is 109 cm³/mol. The maximum atomic E-state index is 10.9. The van der Waals surface area contributed by atoms with Crippen LogP contribution in [-0.2, 0) is 0 Å². The number of carboxylic acid groups (broad SMARTS) is 1. The Labute approximate surface area is 165 Å². The zero-order chi connectivity index (χ0) is 19.3. The largest absolute Gasteiger partial charge is 0.490 e. The minimum atomic E-state index is -1.02. The Hall–Kier alpha value is -3.38. The molecule has 0 spiro atoms. The number of fused-ring (bicyclic) bond motifs is 1. The Morgan fingerprint density at radius 2 is 1.57 bits per heavy atom. The Kier molecular flexibility index (Phi) is 5.21. The molecule has 1 heterocycles. The van der Waals surface area contributed by atoms with Crippen LogP contribution in [0, 0.1) is 0 Å². The molecule has 0 atom stereocenters. The van der Waals surface area contributed by atoms with Gasteiger partial charge in [0.1, 0.15) is 29.7 Å². The minimum Gasteiger partial charge on any atom is -0.490 e. The van der Waals surface area contributed by atoms with Crippen LogP contribution in [-0.4, -0.2) is 29.3 Å². The summed E-state index contributed by atoms with van der Waals surface area (Å²) in [4.78, 5) is 15.0. The van der Waals surface area contributed by atoms with E-state index in [1.54, 1.807) is 0 Å². The highest BCUT2D eigenvalue weighted by Gasteiger charge is 2.10. The Morgan fingerprint density at radius 3 is 2.29 bits per heavy atom. The summed E-state index contributed by atoms with van der Waals surface area (Å²) in [5.74, 6) is 0.519. The van der Waals surface area contributed by atoms with Crippen LogP contribution in [0.25, 0.3) is 21.3 Å². The smallest absolute Gasteiger partial charge is 0.355 e. The van der Waals surface area contributed by atoms with E-state index in [2.05, 4.69) is 17.1 Å². The van der Waals surface area contributed by atoms with E-state index in [0.29, 0.717) is 18.2 Å². The molecule has 0 aliphatic heterocycles. The standard InChI is InChI=1S/C22H17NO4S/c24-22(25)20-14-28-21(23-20)16-6-8-18(9-7-16)26-11-12-27-19-10-5-15-3-1-2-4-17(15)13-19/h1-10,13-14H,11-12H2,(H,24,25). The summed E-state index contributed by atoms with van der Waals surface area (Å²) in [5.41, 5.74) is 0.920. The van der Waals surface area contributed by atoms with E-state index in [1.165, 1.54) is 22.1 Å².